The van der Waals surface area contributed by atoms with Crippen molar-refractivity contribution in [2.45, 2.75) is 116 Å². The van der Waals surface area contributed by atoms with Gasteiger partial charge in [-0.3, -0.25) is 0 Å². The van der Waals surface area contributed by atoms with Gasteiger partial charge in [0.2, 0.25) is 0 Å². The molecule has 0 unspecified atom stereocenters. The Morgan fingerprint density at radius 1 is 0.776 bits per heavy atom. The van der Waals surface area contributed by atoms with E-state index in [0.29, 0.717) is 5.92 Å². The van der Waals surface area contributed by atoms with Gasteiger partial charge in [-0.05, 0) is 65.2 Å². The molecule has 3 heterocycles. The minimum absolute atomic E-state index is 0. The third-order valence-corrected chi connectivity index (χ3v) is 14.5. The molecule has 7 aromatic rings. The van der Waals surface area contributed by atoms with E-state index in [2.05, 4.69) is 144 Å². The van der Waals surface area contributed by atoms with E-state index in [9.17, 15) is 0 Å². The van der Waals surface area contributed by atoms with Crippen LogP contribution in [0.1, 0.15) is 106 Å². The van der Waals surface area contributed by atoms with Crippen LogP contribution in [-0.2, 0) is 26.5 Å². The second-order valence-corrected chi connectivity index (χ2v) is 23.1. The Bertz CT molecular complexity index is 2470. The fourth-order valence-electron chi connectivity index (χ4n) is 9.37. The molecule has 3 aromatic heterocycles. The Hall–Kier alpha value is -4.15. The van der Waals surface area contributed by atoms with Gasteiger partial charge in [0.15, 0.2) is 0 Å². The monoisotopic (exact) mass is 959 g/mol. The van der Waals surface area contributed by atoms with Crippen molar-refractivity contribution in [3.63, 3.8) is 0 Å². The molecule has 301 valence electrons. The summed E-state index contributed by atoms with van der Waals surface area (Å²) in [5.41, 5.74) is 13.7. The Balaban J connectivity index is 0.000000183. The van der Waals surface area contributed by atoms with E-state index in [0.717, 1.165) is 73.8 Å². The van der Waals surface area contributed by atoms with Crippen LogP contribution >= 0.6 is 0 Å². The molecule has 3 nitrogen and oxygen atoms in total. The number of pyridine rings is 2. The van der Waals surface area contributed by atoms with Crippen molar-refractivity contribution in [2.75, 3.05) is 0 Å². The first-order valence-corrected chi connectivity index (χ1v) is 25.0. The smallest absolute Gasteiger partial charge is 0.128 e. The average molecular weight is 959 g/mol. The topological polar surface area (TPSA) is 38.9 Å². The van der Waals surface area contributed by atoms with Crippen LogP contribution in [0.25, 0.3) is 55.6 Å². The predicted octanol–water partition coefficient (Wildman–Crippen LogP) is 14.4. The maximum Gasteiger partial charge on any atom is 0.128 e. The third kappa shape index (κ3) is 9.18. The quantitative estimate of drug-likeness (QED) is 0.113. The number of nitrogens with zero attached hydrogens (tertiary/aromatic N) is 2. The summed E-state index contributed by atoms with van der Waals surface area (Å²) in [5, 5.41) is 3.81. The molecule has 0 aliphatic heterocycles. The van der Waals surface area contributed by atoms with Gasteiger partial charge in [-0.25, -0.2) is 0 Å². The van der Waals surface area contributed by atoms with Gasteiger partial charge in [0, 0.05) is 43.4 Å². The van der Waals surface area contributed by atoms with E-state index in [-0.39, 0.29) is 20.1 Å². The fraction of sp³-hybridized carbons (Fsp3) is 0.358. The largest absolute Gasteiger partial charge is 0.500 e. The van der Waals surface area contributed by atoms with Crippen LogP contribution in [0.3, 0.4) is 0 Å². The number of furan rings is 1. The summed E-state index contributed by atoms with van der Waals surface area (Å²) >= 11 is 0. The fourth-order valence-corrected chi connectivity index (χ4v) is 11.0. The Morgan fingerprint density at radius 3 is 2.28 bits per heavy atom. The summed E-state index contributed by atoms with van der Waals surface area (Å²) in [6, 6.07) is 39.3. The van der Waals surface area contributed by atoms with Crippen LogP contribution in [0.2, 0.25) is 19.6 Å². The van der Waals surface area contributed by atoms with E-state index in [1.807, 2.05) is 12.3 Å². The number of fused-ring (bicyclic) bond motifs is 3. The van der Waals surface area contributed by atoms with Crippen molar-refractivity contribution in [1.82, 2.24) is 9.97 Å². The zero-order valence-electron chi connectivity index (χ0n) is 35.3. The van der Waals surface area contributed by atoms with E-state index in [1.165, 1.54) is 85.2 Å². The summed E-state index contributed by atoms with van der Waals surface area (Å²) < 4.78 is 6.62. The maximum absolute atomic E-state index is 6.62. The molecule has 0 saturated heterocycles. The van der Waals surface area contributed by atoms with Gasteiger partial charge >= 0.3 is 0 Å². The predicted molar refractivity (Wildman–Crippen MR) is 243 cm³/mol. The number of hydrogen-bond donors (Lipinski definition) is 0. The van der Waals surface area contributed by atoms with E-state index < -0.39 is 8.07 Å². The maximum atomic E-state index is 6.62. The van der Waals surface area contributed by atoms with Crippen LogP contribution < -0.4 is 5.19 Å². The first kappa shape index (κ1) is 42.0. The van der Waals surface area contributed by atoms with Crippen molar-refractivity contribution >= 4 is 35.2 Å². The molecule has 4 aromatic carbocycles. The van der Waals surface area contributed by atoms with Crippen LogP contribution in [0.5, 0.6) is 0 Å². The van der Waals surface area contributed by atoms with E-state index >= 15 is 0 Å². The summed E-state index contributed by atoms with van der Waals surface area (Å²) in [7, 11) is -1.37. The minimum Gasteiger partial charge on any atom is -0.500 e. The third-order valence-electron chi connectivity index (χ3n) is 12.5. The molecule has 0 spiro atoms. The molecule has 0 N–H and O–H groups in total. The molecule has 58 heavy (non-hydrogen) atoms. The molecule has 2 saturated carbocycles. The van der Waals surface area contributed by atoms with Crippen molar-refractivity contribution in [3.05, 3.63) is 138 Å². The molecule has 2 aliphatic carbocycles. The van der Waals surface area contributed by atoms with Crippen molar-refractivity contribution < 1.29 is 24.5 Å². The van der Waals surface area contributed by atoms with Crippen LogP contribution in [0.15, 0.2) is 108 Å². The van der Waals surface area contributed by atoms with Gasteiger partial charge < -0.3 is 14.4 Å². The number of rotatable bonds is 8. The number of benzene rings is 4. The molecule has 0 amide bonds. The Labute approximate surface area is 361 Å². The van der Waals surface area contributed by atoms with Gasteiger partial charge in [0.1, 0.15) is 5.58 Å². The first-order valence-electron chi connectivity index (χ1n) is 21.5. The normalized spacial score (nSPS) is 15.1. The van der Waals surface area contributed by atoms with Crippen molar-refractivity contribution in [1.29, 1.82) is 0 Å². The van der Waals surface area contributed by atoms with Crippen molar-refractivity contribution in [3.8, 4) is 33.6 Å². The molecule has 5 heteroatoms. The summed E-state index contributed by atoms with van der Waals surface area (Å²) in [4.78, 5) is 9.57. The molecular formula is C53H58IrN2OSi-2. The zero-order chi connectivity index (χ0) is 39.5. The van der Waals surface area contributed by atoms with Crippen LogP contribution in [0, 0.1) is 25.0 Å². The molecule has 9 rings (SSSR count). The Morgan fingerprint density at radius 2 is 1.53 bits per heavy atom. The molecule has 2 fully saturated rings. The van der Waals surface area contributed by atoms with Crippen LogP contribution in [0.4, 0.5) is 0 Å². The van der Waals surface area contributed by atoms with Gasteiger partial charge in [0.05, 0.1) is 13.7 Å². The van der Waals surface area contributed by atoms with Gasteiger partial charge in [-0.1, -0.05) is 168 Å². The molecule has 0 bridgehead atoms. The second-order valence-electron chi connectivity index (χ2n) is 18.0. The number of para-hydroxylation sites is 1. The average Bonchev–Trinajstić information content (AvgIpc) is 3.92. The molecule has 2 aliphatic rings. The van der Waals surface area contributed by atoms with Gasteiger partial charge in [0.25, 0.3) is 0 Å². The summed E-state index contributed by atoms with van der Waals surface area (Å²) in [5.74, 6) is 2.08. The van der Waals surface area contributed by atoms with Gasteiger partial charge in [-0.15, -0.1) is 53.1 Å². The second kappa shape index (κ2) is 18.4. The number of aryl methyl sites for hydroxylation is 1. The summed E-state index contributed by atoms with van der Waals surface area (Å²) in [6.07, 6.45) is 17.5. The van der Waals surface area contributed by atoms with E-state index in [1.54, 1.807) is 0 Å². The summed E-state index contributed by atoms with van der Waals surface area (Å²) in [6.45, 7) is 13.9. The number of hydrogen-bond acceptors (Lipinski definition) is 3. The van der Waals surface area contributed by atoms with Gasteiger partial charge in [-0.2, -0.15) is 0 Å². The first-order chi connectivity index (χ1) is 27.6. The van der Waals surface area contributed by atoms with E-state index in [4.69, 9.17) is 14.4 Å². The minimum atomic E-state index is -1.37. The van der Waals surface area contributed by atoms with Crippen molar-refractivity contribution in [2.24, 2.45) is 5.92 Å². The standard InChI is InChI=1S/C31H28NO.C22H30NSi.Ir/c1-21-15-16-26(28-20-23(17-18-32-28)19-22-9-4-2-5-10-22)31-29(21)27-14-8-13-25(30(27)33-31)24-11-6-3-7-12-24;1-16(2)20-14-21(23-15-22(20)24(3,4)5)19-12-8-11-18(13-19)17-9-6-7-10-17;/h3,6-8,11-15,17-18,20,22H,2,4-5,9-10,19H2,1H3;8,11,13-17H,6-7,9-10H2,1-5H3;/q2*-1;. The zero-order valence-corrected chi connectivity index (χ0v) is 38.6. The molecule has 0 atom stereocenters. The molecular weight excluding hydrogens is 901 g/mol. The Kier molecular flexibility index (Phi) is 13.3. The number of aromatic nitrogens is 2. The van der Waals surface area contributed by atoms with Crippen LogP contribution in [-0.4, -0.2) is 18.0 Å². The SMILES string of the molecule is CC(C)c1cc(-c2[c-]ccc(C3CCCC3)c2)ncc1[Si](C)(C)C.Cc1c[c-]c(-c2cc(CC3CCCCC3)ccn2)c2oc3c(-c4ccccc4)cccc3c12.[Ir]. The molecule has 1 radical (unpaired) electrons.